The van der Waals surface area contributed by atoms with E-state index >= 15 is 0 Å². The largest absolute Gasteiger partial charge is 0.508 e. The molecule has 0 unspecified atom stereocenters. The van der Waals surface area contributed by atoms with Gasteiger partial charge in [-0.25, -0.2) is 4.98 Å². The van der Waals surface area contributed by atoms with Crippen LogP contribution in [0.1, 0.15) is 0 Å². The number of hydrogen-bond donors (Lipinski definition) is 1. The summed E-state index contributed by atoms with van der Waals surface area (Å²) in [6.07, 6.45) is 3.54. The molecule has 0 amide bonds. The molecule has 0 aliphatic rings. The normalized spacial score (nSPS) is 10.7. The van der Waals surface area contributed by atoms with Crippen LogP contribution in [0.15, 0.2) is 48.8 Å². The Morgan fingerprint density at radius 3 is 2.67 bits per heavy atom. The number of hydrogen-bond acceptors (Lipinski definition) is 3. The molecular formula is C14H12N2O2. The van der Waals surface area contributed by atoms with E-state index in [4.69, 9.17) is 4.74 Å². The van der Waals surface area contributed by atoms with Crippen molar-refractivity contribution in [3.8, 4) is 22.9 Å². The lowest BCUT2D eigenvalue weighted by molar-refractivity contribution is 0.415. The molecular weight excluding hydrogens is 228 g/mol. The molecule has 1 N–H and O–H groups in total. The van der Waals surface area contributed by atoms with Crippen LogP contribution in [0, 0.1) is 0 Å². The van der Waals surface area contributed by atoms with Gasteiger partial charge in [-0.2, -0.15) is 0 Å². The first-order valence-electron chi connectivity index (χ1n) is 5.58. The van der Waals surface area contributed by atoms with E-state index in [1.54, 1.807) is 31.6 Å². The molecule has 4 heteroatoms. The molecule has 3 aromatic rings. The highest BCUT2D eigenvalue weighted by Gasteiger charge is 2.06. The second-order valence-corrected chi connectivity index (χ2v) is 3.99. The molecule has 0 fully saturated rings. The summed E-state index contributed by atoms with van der Waals surface area (Å²) in [5, 5.41) is 9.42. The lowest BCUT2D eigenvalue weighted by Crippen LogP contribution is -1.89. The van der Waals surface area contributed by atoms with Crippen molar-refractivity contribution in [3.05, 3.63) is 48.8 Å². The summed E-state index contributed by atoms with van der Waals surface area (Å²) in [6, 6.07) is 11.0. The third-order valence-corrected chi connectivity index (χ3v) is 2.86. The van der Waals surface area contributed by atoms with Gasteiger partial charge in [0, 0.05) is 17.8 Å². The van der Waals surface area contributed by atoms with Gasteiger partial charge in [0.15, 0.2) is 0 Å². The Balaban J connectivity index is 2.13. The lowest BCUT2D eigenvalue weighted by atomic mass is 10.2. The summed E-state index contributed by atoms with van der Waals surface area (Å²) < 4.78 is 7.06. The van der Waals surface area contributed by atoms with Gasteiger partial charge in [-0.05, 0) is 30.3 Å². The molecule has 4 nitrogen and oxygen atoms in total. The summed E-state index contributed by atoms with van der Waals surface area (Å²) in [6.45, 7) is 0. The number of ether oxygens (including phenoxy) is 1. The Morgan fingerprint density at radius 2 is 1.94 bits per heavy atom. The number of fused-ring (bicyclic) bond motifs is 1. The molecule has 0 radical (unpaired) electrons. The fourth-order valence-electron chi connectivity index (χ4n) is 1.94. The number of nitrogens with zero attached hydrogens (tertiary/aromatic N) is 2. The van der Waals surface area contributed by atoms with Crippen molar-refractivity contribution in [2.75, 3.05) is 7.11 Å². The van der Waals surface area contributed by atoms with E-state index in [0.717, 1.165) is 22.7 Å². The van der Waals surface area contributed by atoms with Crippen molar-refractivity contribution in [2.45, 2.75) is 0 Å². The van der Waals surface area contributed by atoms with E-state index in [9.17, 15) is 5.11 Å². The molecule has 2 heterocycles. The minimum Gasteiger partial charge on any atom is -0.508 e. The van der Waals surface area contributed by atoms with E-state index in [1.165, 1.54) is 0 Å². The molecule has 0 saturated carbocycles. The van der Waals surface area contributed by atoms with Gasteiger partial charge in [-0.3, -0.25) is 4.40 Å². The van der Waals surface area contributed by atoms with Crippen LogP contribution in [0.3, 0.4) is 0 Å². The monoisotopic (exact) mass is 240 g/mol. The molecule has 0 saturated heterocycles. The average molecular weight is 240 g/mol. The van der Waals surface area contributed by atoms with E-state index in [1.807, 2.05) is 28.7 Å². The topological polar surface area (TPSA) is 46.8 Å². The number of imidazole rings is 1. The zero-order valence-corrected chi connectivity index (χ0v) is 9.87. The van der Waals surface area contributed by atoms with Gasteiger partial charge in [0.1, 0.15) is 17.3 Å². The lowest BCUT2D eigenvalue weighted by Gasteiger charge is -2.03. The minimum atomic E-state index is 0.240. The molecule has 2 aromatic heterocycles. The maximum Gasteiger partial charge on any atom is 0.144 e. The fraction of sp³-hybridized carbons (Fsp3) is 0.0714. The third kappa shape index (κ3) is 1.68. The molecule has 0 aliphatic carbocycles. The number of benzene rings is 1. The Hall–Kier alpha value is -2.49. The molecule has 0 atom stereocenters. The van der Waals surface area contributed by atoms with Gasteiger partial charge in [0.25, 0.3) is 0 Å². The highest BCUT2D eigenvalue weighted by molar-refractivity contribution is 5.63. The number of pyridine rings is 1. The van der Waals surface area contributed by atoms with Gasteiger partial charge >= 0.3 is 0 Å². The maximum atomic E-state index is 9.42. The minimum absolute atomic E-state index is 0.240. The maximum absolute atomic E-state index is 9.42. The highest BCUT2D eigenvalue weighted by atomic mass is 16.5. The predicted octanol–water partition coefficient (Wildman–Crippen LogP) is 2.72. The van der Waals surface area contributed by atoms with Gasteiger partial charge in [-0.1, -0.05) is 0 Å². The zero-order valence-electron chi connectivity index (χ0n) is 9.87. The summed E-state index contributed by atoms with van der Waals surface area (Å²) in [5.74, 6) is 1.90. The van der Waals surface area contributed by atoms with Gasteiger partial charge in [0.05, 0.1) is 18.8 Å². The Bertz CT molecular complexity index is 687. The quantitative estimate of drug-likeness (QED) is 0.749. The van der Waals surface area contributed by atoms with Crippen LogP contribution in [-0.4, -0.2) is 21.6 Å². The molecule has 0 bridgehead atoms. The van der Waals surface area contributed by atoms with Crippen LogP contribution in [-0.2, 0) is 0 Å². The van der Waals surface area contributed by atoms with Crippen molar-refractivity contribution < 1.29 is 9.84 Å². The molecule has 3 rings (SSSR count). The SMILES string of the molecule is COc1ccc(-c2ncc3cc(O)ccn23)cc1. The van der Waals surface area contributed by atoms with Gasteiger partial charge in [0.2, 0.25) is 0 Å². The summed E-state index contributed by atoms with van der Waals surface area (Å²) in [4.78, 5) is 4.37. The Morgan fingerprint density at radius 1 is 1.17 bits per heavy atom. The van der Waals surface area contributed by atoms with E-state index in [0.29, 0.717) is 0 Å². The number of methoxy groups -OCH3 is 1. The van der Waals surface area contributed by atoms with Crippen LogP contribution in [0.2, 0.25) is 0 Å². The van der Waals surface area contributed by atoms with Crippen molar-refractivity contribution in [1.82, 2.24) is 9.38 Å². The van der Waals surface area contributed by atoms with Crippen molar-refractivity contribution >= 4 is 5.52 Å². The molecule has 0 spiro atoms. The molecule has 90 valence electrons. The molecule has 0 aliphatic heterocycles. The summed E-state index contributed by atoms with van der Waals surface area (Å²) in [5.41, 5.74) is 1.86. The highest BCUT2D eigenvalue weighted by Crippen LogP contribution is 2.23. The summed E-state index contributed by atoms with van der Waals surface area (Å²) >= 11 is 0. The van der Waals surface area contributed by atoms with Crippen molar-refractivity contribution in [2.24, 2.45) is 0 Å². The fourth-order valence-corrected chi connectivity index (χ4v) is 1.94. The standard InChI is InChI=1S/C14H12N2O2/c1-18-13-4-2-10(3-5-13)14-15-9-11-8-12(17)6-7-16(11)14/h2-9,17H,1H3. The van der Waals surface area contributed by atoms with Crippen LogP contribution in [0.5, 0.6) is 11.5 Å². The second-order valence-electron chi connectivity index (χ2n) is 3.99. The predicted molar refractivity (Wildman–Crippen MR) is 68.8 cm³/mol. The number of rotatable bonds is 2. The first-order valence-corrected chi connectivity index (χ1v) is 5.58. The smallest absolute Gasteiger partial charge is 0.144 e. The number of aromatic nitrogens is 2. The molecule has 18 heavy (non-hydrogen) atoms. The van der Waals surface area contributed by atoms with E-state index in [2.05, 4.69) is 4.98 Å². The van der Waals surface area contributed by atoms with E-state index < -0.39 is 0 Å². The van der Waals surface area contributed by atoms with Gasteiger partial charge in [-0.15, -0.1) is 0 Å². The first kappa shape index (κ1) is 10.7. The third-order valence-electron chi connectivity index (χ3n) is 2.86. The first-order chi connectivity index (χ1) is 8.78. The van der Waals surface area contributed by atoms with E-state index in [-0.39, 0.29) is 5.75 Å². The van der Waals surface area contributed by atoms with Crippen LogP contribution in [0.25, 0.3) is 16.9 Å². The molecule has 1 aromatic carbocycles. The second kappa shape index (κ2) is 4.07. The van der Waals surface area contributed by atoms with Crippen molar-refractivity contribution in [3.63, 3.8) is 0 Å². The number of aromatic hydroxyl groups is 1. The zero-order chi connectivity index (χ0) is 12.5. The average Bonchev–Trinajstić information content (AvgIpc) is 2.81. The van der Waals surface area contributed by atoms with Crippen LogP contribution < -0.4 is 4.74 Å². The van der Waals surface area contributed by atoms with Crippen LogP contribution in [0.4, 0.5) is 0 Å². The summed E-state index contributed by atoms with van der Waals surface area (Å²) in [7, 11) is 1.64. The van der Waals surface area contributed by atoms with Crippen molar-refractivity contribution in [1.29, 1.82) is 0 Å². The Labute approximate surface area is 104 Å². The Kier molecular flexibility index (Phi) is 2.41. The van der Waals surface area contributed by atoms with Crippen LogP contribution >= 0.6 is 0 Å². The van der Waals surface area contributed by atoms with Gasteiger partial charge < -0.3 is 9.84 Å².